The molecule has 2 atom stereocenters. The Kier molecular flexibility index (Phi) is 12.4. The van der Waals surface area contributed by atoms with Crippen LogP contribution < -0.4 is 11.5 Å². The minimum absolute atomic E-state index is 0.145. The quantitative estimate of drug-likeness (QED) is 0.467. The Bertz CT molecular complexity index is 241. The lowest BCUT2D eigenvalue weighted by atomic mass is 10.2. The van der Waals surface area contributed by atoms with Crippen molar-refractivity contribution in [2.45, 2.75) is 59.2 Å². The molecule has 6 nitrogen and oxygen atoms in total. The molecule has 0 spiro atoms. The molecule has 2 unspecified atom stereocenters. The normalized spacial score (nSPS) is 15.3. The van der Waals surface area contributed by atoms with E-state index in [-0.39, 0.29) is 12.1 Å². The molecule has 0 saturated carbocycles. The summed E-state index contributed by atoms with van der Waals surface area (Å²) < 4.78 is 17.6. The molecule has 0 aliphatic heterocycles. The van der Waals surface area contributed by atoms with Crippen LogP contribution in [0.4, 0.5) is 0 Å². The maximum absolute atomic E-state index is 5.92. The summed E-state index contributed by atoms with van der Waals surface area (Å²) in [4.78, 5) is 2.32. The number of nitrogens with two attached hydrogens (primary N) is 2. The highest BCUT2D eigenvalue weighted by Crippen LogP contribution is 2.18. The highest BCUT2D eigenvalue weighted by Gasteiger charge is 2.39. The minimum Gasteiger partial charge on any atom is -0.374 e. The van der Waals surface area contributed by atoms with Crippen LogP contribution in [0.3, 0.4) is 0 Å². The van der Waals surface area contributed by atoms with Gasteiger partial charge in [0, 0.05) is 51.0 Å². The standard InChI is InChI=1S/C15H37N3O3Si/c1-6-19-22(20-7-2,21-8-3)11-9-10-18(12-14(4)16)13-15(5)17/h14-15H,6-13,16-17H2,1-5H3. The van der Waals surface area contributed by atoms with Crippen LogP contribution in [0.15, 0.2) is 0 Å². The third-order valence-electron chi connectivity index (χ3n) is 3.14. The molecule has 0 aromatic rings. The van der Waals surface area contributed by atoms with Crippen LogP contribution in [-0.2, 0) is 13.3 Å². The lowest BCUT2D eigenvalue weighted by molar-refractivity contribution is 0.0698. The van der Waals surface area contributed by atoms with Crippen LogP contribution in [0.5, 0.6) is 0 Å². The molecule has 0 fully saturated rings. The van der Waals surface area contributed by atoms with Gasteiger partial charge in [0.2, 0.25) is 0 Å². The van der Waals surface area contributed by atoms with E-state index in [1.54, 1.807) is 0 Å². The van der Waals surface area contributed by atoms with E-state index in [4.69, 9.17) is 24.7 Å². The van der Waals surface area contributed by atoms with Gasteiger partial charge in [0.05, 0.1) is 0 Å². The fraction of sp³-hybridized carbons (Fsp3) is 1.00. The molecular formula is C15H37N3O3Si. The van der Waals surface area contributed by atoms with Crippen molar-refractivity contribution < 1.29 is 13.3 Å². The molecule has 0 saturated heterocycles. The molecule has 0 radical (unpaired) electrons. The topological polar surface area (TPSA) is 83.0 Å². The van der Waals surface area contributed by atoms with Crippen LogP contribution in [-0.4, -0.2) is 65.2 Å². The molecule has 0 rings (SSSR count). The van der Waals surface area contributed by atoms with Gasteiger partial charge in [-0.3, -0.25) is 0 Å². The first-order chi connectivity index (χ1) is 10.4. The fourth-order valence-corrected chi connectivity index (χ4v) is 5.19. The van der Waals surface area contributed by atoms with E-state index in [1.165, 1.54) is 0 Å². The van der Waals surface area contributed by atoms with Crippen molar-refractivity contribution in [1.29, 1.82) is 0 Å². The second kappa shape index (κ2) is 12.4. The van der Waals surface area contributed by atoms with Gasteiger partial charge in [0.25, 0.3) is 0 Å². The van der Waals surface area contributed by atoms with Gasteiger partial charge in [-0.1, -0.05) is 0 Å². The summed E-state index contributed by atoms with van der Waals surface area (Å²) >= 11 is 0. The Morgan fingerprint density at radius 2 is 1.27 bits per heavy atom. The Morgan fingerprint density at radius 1 is 0.864 bits per heavy atom. The summed E-state index contributed by atoms with van der Waals surface area (Å²) in [5.74, 6) is 0. The molecule has 0 aromatic heterocycles. The maximum atomic E-state index is 5.92. The molecular weight excluding hydrogens is 298 g/mol. The van der Waals surface area contributed by atoms with E-state index in [0.29, 0.717) is 19.8 Å². The Hall–Kier alpha value is -0.0231. The van der Waals surface area contributed by atoms with Crippen LogP contribution in [0.1, 0.15) is 41.0 Å². The van der Waals surface area contributed by atoms with Crippen LogP contribution in [0.25, 0.3) is 0 Å². The average Bonchev–Trinajstić information content (AvgIpc) is 2.38. The van der Waals surface area contributed by atoms with Gasteiger partial charge >= 0.3 is 8.80 Å². The summed E-state index contributed by atoms with van der Waals surface area (Å²) in [6, 6.07) is 1.12. The third kappa shape index (κ3) is 9.89. The van der Waals surface area contributed by atoms with Crippen LogP contribution in [0.2, 0.25) is 6.04 Å². The van der Waals surface area contributed by atoms with Gasteiger partial charge < -0.3 is 29.6 Å². The fourth-order valence-electron chi connectivity index (χ4n) is 2.59. The first-order valence-electron chi connectivity index (χ1n) is 8.54. The van der Waals surface area contributed by atoms with Crippen molar-refractivity contribution in [3.8, 4) is 0 Å². The molecule has 22 heavy (non-hydrogen) atoms. The molecule has 0 aliphatic carbocycles. The third-order valence-corrected chi connectivity index (χ3v) is 6.29. The zero-order valence-electron chi connectivity index (χ0n) is 15.1. The van der Waals surface area contributed by atoms with Gasteiger partial charge in [-0.05, 0) is 47.6 Å². The lowest BCUT2D eigenvalue weighted by Crippen LogP contribution is -2.47. The van der Waals surface area contributed by atoms with Crippen LogP contribution in [0, 0.1) is 0 Å². The molecule has 0 aromatic carbocycles. The minimum atomic E-state index is -2.53. The number of nitrogens with zero attached hydrogens (tertiary/aromatic N) is 1. The van der Waals surface area contributed by atoms with Crippen molar-refractivity contribution in [3.63, 3.8) is 0 Å². The maximum Gasteiger partial charge on any atom is 0.500 e. The van der Waals surface area contributed by atoms with Crippen molar-refractivity contribution >= 4 is 8.80 Å². The molecule has 0 bridgehead atoms. The van der Waals surface area contributed by atoms with Crippen molar-refractivity contribution in [2.24, 2.45) is 11.5 Å². The first-order valence-corrected chi connectivity index (χ1v) is 10.5. The van der Waals surface area contributed by atoms with E-state index in [0.717, 1.165) is 32.1 Å². The number of hydrogen-bond acceptors (Lipinski definition) is 6. The second-order valence-electron chi connectivity index (χ2n) is 5.80. The first kappa shape index (κ1) is 22.0. The largest absolute Gasteiger partial charge is 0.500 e. The SMILES string of the molecule is CCO[Si](CCCN(CC(C)N)CC(C)N)(OCC)OCC. The average molecular weight is 336 g/mol. The van der Waals surface area contributed by atoms with E-state index < -0.39 is 8.80 Å². The number of rotatable bonds is 14. The number of hydrogen-bond donors (Lipinski definition) is 2. The Balaban J connectivity index is 4.52. The van der Waals surface area contributed by atoms with Crippen molar-refractivity contribution in [2.75, 3.05) is 39.5 Å². The monoisotopic (exact) mass is 335 g/mol. The highest BCUT2D eigenvalue weighted by molar-refractivity contribution is 6.60. The summed E-state index contributed by atoms with van der Waals surface area (Å²) in [7, 11) is -2.53. The zero-order valence-corrected chi connectivity index (χ0v) is 16.1. The van der Waals surface area contributed by atoms with Crippen LogP contribution >= 0.6 is 0 Å². The summed E-state index contributed by atoms with van der Waals surface area (Å²) in [6.07, 6.45) is 0.964. The predicted octanol–water partition coefficient (Wildman–Crippen LogP) is 1.42. The van der Waals surface area contributed by atoms with E-state index in [9.17, 15) is 0 Å². The summed E-state index contributed by atoms with van der Waals surface area (Å²) in [6.45, 7) is 14.5. The van der Waals surface area contributed by atoms with Gasteiger partial charge in [-0.2, -0.15) is 0 Å². The Morgan fingerprint density at radius 3 is 1.59 bits per heavy atom. The molecule has 4 N–H and O–H groups in total. The molecule has 134 valence electrons. The highest BCUT2D eigenvalue weighted by atomic mass is 28.4. The van der Waals surface area contributed by atoms with E-state index in [1.807, 2.05) is 34.6 Å². The van der Waals surface area contributed by atoms with Crippen molar-refractivity contribution in [3.05, 3.63) is 0 Å². The van der Waals surface area contributed by atoms with Gasteiger partial charge in [0.15, 0.2) is 0 Å². The smallest absolute Gasteiger partial charge is 0.374 e. The lowest BCUT2D eigenvalue weighted by Gasteiger charge is -2.30. The van der Waals surface area contributed by atoms with Crippen molar-refractivity contribution in [1.82, 2.24) is 4.90 Å². The molecule has 0 amide bonds. The Labute approximate surface area is 137 Å². The van der Waals surface area contributed by atoms with E-state index >= 15 is 0 Å². The van der Waals surface area contributed by atoms with Gasteiger partial charge in [-0.15, -0.1) is 0 Å². The molecule has 7 heteroatoms. The summed E-state index contributed by atoms with van der Waals surface area (Å²) in [5, 5.41) is 0. The van der Waals surface area contributed by atoms with Gasteiger partial charge in [-0.25, -0.2) is 0 Å². The van der Waals surface area contributed by atoms with E-state index in [2.05, 4.69) is 4.90 Å². The van der Waals surface area contributed by atoms with Gasteiger partial charge in [0.1, 0.15) is 0 Å². The zero-order chi connectivity index (χ0) is 17.0. The predicted molar refractivity (Wildman–Crippen MR) is 93.8 cm³/mol. The second-order valence-corrected chi connectivity index (χ2v) is 8.53. The molecule has 0 aliphatic rings. The summed E-state index contributed by atoms with van der Waals surface area (Å²) in [5.41, 5.74) is 11.8. The molecule has 0 heterocycles.